The van der Waals surface area contributed by atoms with E-state index in [1.54, 1.807) is 20.8 Å². The maximum absolute atomic E-state index is 14.8. The third kappa shape index (κ3) is 6.10. The number of ether oxygens (including phenoxy) is 1. The number of fused-ring (bicyclic) bond motifs is 1. The number of anilines is 1. The number of hydrogen-bond donors (Lipinski definition) is 2. The molecule has 11 nitrogen and oxygen atoms in total. The number of likely N-dealkylation sites (tertiary alicyclic amines) is 1. The lowest BCUT2D eigenvalue weighted by Gasteiger charge is -2.28. The van der Waals surface area contributed by atoms with Gasteiger partial charge in [0.25, 0.3) is 5.95 Å². The van der Waals surface area contributed by atoms with Crippen LogP contribution in [0.3, 0.4) is 0 Å². The molecule has 4 heterocycles. The van der Waals surface area contributed by atoms with Gasteiger partial charge >= 0.3 is 6.09 Å². The van der Waals surface area contributed by atoms with Gasteiger partial charge in [-0.3, -0.25) is 10.3 Å². The number of nitrogens with zero attached hydrogens (tertiary/aromatic N) is 5. The molecule has 0 aliphatic carbocycles. The number of pyridine rings is 2. The number of rotatable bonds is 5. The average molecular weight is 506 g/mol. The van der Waals surface area contributed by atoms with Crippen LogP contribution in [0.4, 0.5) is 15.1 Å². The molecule has 1 fully saturated rings. The topological polar surface area (TPSA) is 131 Å². The van der Waals surface area contributed by atoms with Gasteiger partial charge in [-0.1, -0.05) is 0 Å². The predicted octanol–water partition coefficient (Wildman–Crippen LogP) is 2.65. The quantitative estimate of drug-likeness (QED) is 0.541. The normalized spacial score (nSPS) is 15.9. The summed E-state index contributed by atoms with van der Waals surface area (Å²) >= 11 is 0. The Hall–Kier alpha value is -3.16. The minimum absolute atomic E-state index is 0.0528. The first-order chi connectivity index (χ1) is 16.4. The molecule has 0 saturated carbocycles. The van der Waals surface area contributed by atoms with E-state index < -0.39 is 27.5 Å². The molecule has 1 aliphatic heterocycles. The minimum atomic E-state index is -3.83. The molecule has 188 valence electrons. The van der Waals surface area contributed by atoms with E-state index in [1.807, 2.05) is 7.05 Å². The van der Waals surface area contributed by atoms with Crippen LogP contribution in [-0.2, 0) is 14.8 Å². The summed E-state index contributed by atoms with van der Waals surface area (Å²) in [6.07, 6.45) is 4.68. The lowest BCUT2D eigenvalue weighted by atomic mass is 10.1. The van der Waals surface area contributed by atoms with Crippen molar-refractivity contribution < 1.29 is 22.3 Å². The van der Waals surface area contributed by atoms with Crippen molar-refractivity contribution in [3.8, 4) is 11.1 Å². The number of carbonyl (C=O) groups is 1. The Balaban J connectivity index is 1.55. The molecule has 2 N–H and O–H groups in total. The fourth-order valence-corrected chi connectivity index (χ4v) is 5.12. The van der Waals surface area contributed by atoms with Crippen molar-refractivity contribution in [1.82, 2.24) is 29.2 Å². The third-order valence-electron chi connectivity index (χ3n) is 5.34. The van der Waals surface area contributed by atoms with Gasteiger partial charge in [-0.2, -0.15) is 4.98 Å². The number of carbonyl (C=O) groups excluding carboxylic acids is 1. The lowest BCUT2D eigenvalue weighted by molar-refractivity contribution is 0.0660. The van der Waals surface area contributed by atoms with Gasteiger partial charge in [0.1, 0.15) is 11.0 Å². The van der Waals surface area contributed by atoms with Gasteiger partial charge in [0, 0.05) is 48.3 Å². The smallest absolute Gasteiger partial charge is 0.414 e. The summed E-state index contributed by atoms with van der Waals surface area (Å²) in [6, 6.07) is 2.60. The van der Waals surface area contributed by atoms with Crippen LogP contribution >= 0.6 is 0 Å². The van der Waals surface area contributed by atoms with Gasteiger partial charge in [-0.15, -0.1) is 5.10 Å². The summed E-state index contributed by atoms with van der Waals surface area (Å²) in [5, 5.41) is 6.56. The van der Waals surface area contributed by atoms with E-state index in [2.05, 4.69) is 30.0 Å². The zero-order chi connectivity index (χ0) is 25.4. The highest BCUT2D eigenvalue weighted by Crippen LogP contribution is 2.24. The van der Waals surface area contributed by atoms with E-state index in [-0.39, 0.29) is 22.6 Å². The molecule has 3 aromatic rings. The number of hydrogen-bond acceptors (Lipinski definition) is 8. The predicted molar refractivity (Wildman–Crippen MR) is 127 cm³/mol. The molecular formula is C22H28FN7O4S. The van der Waals surface area contributed by atoms with E-state index in [1.165, 1.54) is 35.2 Å². The van der Waals surface area contributed by atoms with Crippen molar-refractivity contribution in [2.75, 3.05) is 25.5 Å². The Morgan fingerprint density at radius 2 is 1.89 bits per heavy atom. The number of halogens is 1. The van der Waals surface area contributed by atoms with Crippen LogP contribution in [0.25, 0.3) is 16.8 Å². The molecule has 1 saturated heterocycles. The molecule has 0 bridgehead atoms. The van der Waals surface area contributed by atoms with Crippen molar-refractivity contribution in [3.63, 3.8) is 0 Å². The molecule has 4 rings (SSSR count). The first kappa shape index (κ1) is 24.9. The van der Waals surface area contributed by atoms with E-state index in [0.29, 0.717) is 11.1 Å². The SMILES string of the molecule is CN1CCC(OC(=O)Nc2nc3c(F)cc(-c4cncc(S(=O)(=O)NC(C)(C)C)c4)cn3n2)CC1. The second kappa shape index (κ2) is 9.47. The number of nitrogens with one attached hydrogen (secondary N) is 2. The van der Waals surface area contributed by atoms with Crippen molar-refractivity contribution in [1.29, 1.82) is 0 Å². The Morgan fingerprint density at radius 3 is 2.57 bits per heavy atom. The highest BCUT2D eigenvalue weighted by molar-refractivity contribution is 7.89. The van der Waals surface area contributed by atoms with Gasteiger partial charge in [-0.25, -0.2) is 26.8 Å². The molecule has 13 heteroatoms. The maximum Gasteiger partial charge on any atom is 0.414 e. The van der Waals surface area contributed by atoms with E-state index >= 15 is 0 Å². The van der Waals surface area contributed by atoms with Crippen LogP contribution in [0.2, 0.25) is 0 Å². The highest BCUT2D eigenvalue weighted by atomic mass is 32.2. The number of sulfonamides is 1. The fraction of sp³-hybridized carbons (Fsp3) is 0.455. The lowest BCUT2D eigenvalue weighted by Crippen LogP contribution is -2.40. The number of aromatic nitrogens is 4. The second-order valence-electron chi connectivity index (χ2n) is 9.58. The van der Waals surface area contributed by atoms with Crippen LogP contribution < -0.4 is 10.0 Å². The summed E-state index contributed by atoms with van der Waals surface area (Å²) < 4.78 is 49.3. The van der Waals surface area contributed by atoms with Gasteiger partial charge < -0.3 is 9.64 Å². The van der Waals surface area contributed by atoms with Gasteiger partial charge in [-0.05, 0) is 52.8 Å². The van der Waals surface area contributed by atoms with Crippen molar-refractivity contribution in [2.45, 2.75) is 50.2 Å². The minimum Gasteiger partial charge on any atom is -0.446 e. The Morgan fingerprint density at radius 1 is 1.17 bits per heavy atom. The van der Waals surface area contributed by atoms with Crippen LogP contribution in [0.1, 0.15) is 33.6 Å². The zero-order valence-corrected chi connectivity index (χ0v) is 20.8. The van der Waals surface area contributed by atoms with Crippen molar-refractivity contribution >= 4 is 27.7 Å². The van der Waals surface area contributed by atoms with E-state index in [9.17, 15) is 17.6 Å². The molecule has 1 amide bonds. The Labute approximate surface area is 202 Å². The summed E-state index contributed by atoms with van der Waals surface area (Å²) in [5.74, 6) is -0.810. The van der Waals surface area contributed by atoms with Crippen LogP contribution in [0.5, 0.6) is 0 Å². The molecule has 0 aromatic carbocycles. The second-order valence-corrected chi connectivity index (χ2v) is 11.3. The molecule has 1 aliphatic rings. The Bertz CT molecular complexity index is 1350. The van der Waals surface area contributed by atoms with Gasteiger partial charge in [0.15, 0.2) is 11.5 Å². The summed E-state index contributed by atoms with van der Waals surface area (Å²) in [6.45, 7) is 6.85. The molecule has 35 heavy (non-hydrogen) atoms. The first-order valence-corrected chi connectivity index (χ1v) is 12.6. The summed E-state index contributed by atoms with van der Waals surface area (Å²) in [5.41, 5.74) is -0.0808. The zero-order valence-electron chi connectivity index (χ0n) is 19.9. The summed E-state index contributed by atoms with van der Waals surface area (Å²) in [4.78, 5) is 22.4. The maximum atomic E-state index is 14.8. The average Bonchev–Trinajstić information content (AvgIpc) is 3.17. The van der Waals surface area contributed by atoms with Gasteiger partial charge in [0.05, 0.1) is 0 Å². The van der Waals surface area contributed by atoms with E-state index in [0.717, 1.165) is 25.9 Å². The largest absolute Gasteiger partial charge is 0.446 e. The van der Waals surface area contributed by atoms with Crippen LogP contribution in [0, 0.1) is 5.82 Å². The number of piperidine rings is 1. The van der Waals surface area contributed by atoms with Crippen LogP contribution in [0.15, 0.2) is 35.6 Å². The molecule has 0 radical (unpaired) electrons. The molecule has 3 aromatic heterocycles. The first-order valence-electron chi connectivity index (χ1n) is 11.1. The third-order valence-corrected chi connectivity index (χ3v) is 7.06. The Kier molecular flexibility index (Phi) is 6.75. The molecule has 0 spiro atoms. The monoisotopic (exact) mass is 505 g/mol. The van der Waals surface area contributed by atoms with Gasteiger partial charge in [0.2, 0.25) is 10.0 Å². The fourth-order valence-electron chi connectivity index (χ4n) is 3.72. The molecule has 0 unspecified atom stereocenters. The van der Waals surface area contributed by atoms with Crippen molar-refractivity contribution in [3.05, 3.63) is 36.5 Å². The molecule has 0 atom stereocenters. The van der Waals surface area contributed by atoms with Crippen molar-refractivity contribution in [2.24, 2.45) is 0 Å². The number of amides is 1. The summed E-state index contributed by atoms with van der Waals surface area (Å²) in [7, 11) is -1.82. The molecular weight excluding hydrogens is 477 g/mol. The van der Waals surface area contributed by atoms with E-state index in [4.69, 9.17) is 4.74 Å². The highest BCUT2D eigenvalue weighted by Gasteiger charge is 2.24. The van der Waals surface area contributed by atoms with Crippen LogP contribution in [-0.4, -0.2) is 70.8 Å². The standard InChI is InChI=1S/C22H28FN7O4S/c1-22(2,3)28-35(32,33)17-9-14(11-24-12-17)15-10-18(23)19-25-20(27-30(19)13-15)26-21(31)34-16-5-7-29(4)8-6-16/h9-13,16,28H,5-8H2,1-4H3,(H,26,27,31).